The van der Waals surface area contributed by atoms with E-state index in [1.165, 1.54) is 21.5 Å². The second-order valence-electron chi connectivity index (χ2n) is 4.17. The summed E-state index contributed by atoms with van der Waals surface area (Å²) in [6.45, 7) is 7.98. The molecule has 3 aromatic rings. The average Bonchev–Trinajstić information content (AvgIpc) is 2.28. The lowest BCUT2D eigenvalue weighted by Crippen LogP contribution is -2.20. The minimum atomic E-state index is 1.00. The highest BCUT2D eigenvalue weighted by molar-refractivity contribution is 5.98. The molecule has 0 nitrogen and oxygen atoms in total. The molecule has 0 bridgehead atoms. The third-order valence-corrected chi connectivity index (χ3v) is 3.02. The fourth-order valence-corrected chi connectivity index (χ4v) is 2.09. The Morgan fingerprint density at radius 3 is 1.44 bits per heavy atom. The molecule has 0 aliphatic rings. The first-order valence-corrected chi connectivity index (χ1v) is 5.34. The van der Waals surface area contributed by atoms with Gasteiger partial charge >= 0.3 is 0 Å². The standard InChI is InChI=1S/C16H12/c1-11-7-15-9-13-5-3-4-6-14(13)10-16(15)8-12(11)2/h3-10H,1-2H2. The van der Waals surface area contributed by atoms with Gasteiger partial charge in [-0.3, -0.25) is 0 Å². The van der Waals surface area contributed by atoms with Crippen molar-refractivity contribution in [2.75, 3.05) is 0 Å². The number of benzene rings is 3. The first-order valence-electron chi connectivity index (χ1n) is 5.34. The Labute approximate surface area is 94.1 Å². The van der Waals surface area contributed by atoms with Gasteiger partial charge in [0, 0.05) is 0 Å². The fraction of sp³-hybridized carbons (Fsp3) is 0. The number of rotatable bonds is 0. The summed E-state index contributed by atoms with van der Waals surface area (Å²) in [4.78, 5) is 0. The van der Waals surface area contributed by atoms with Gasteiger partial charge in [-0.15, -0.1) is 0 Å². The van der Waals surface area contributed by atoms with Crippen molar-refractivity contribution in [1.82, 2.24) is 0 Å². The van der Waals surface area contributed by atoms with Gasteiger partial charge in [0.25, 0.3) is 0 Å². The quantitative estimate of drug-likeness (QED) is 0.494. The molecule has 0 radical (unpaired) electrons. The molecule has 0 heterocycles. The van der Waals surface area contributed by atoms with E-state index >= 15 is 0 Å². The van der Waals surface area contributed by atoms with Crippen molar-refractivity contribution in [3.8, 4) is 0 Å². The topological polar surface area (TPSA) is 0 Å². The van der Waals surface area contributed by atoms with Crippen LogP contribution in [-0.4, -0.2) is 0 Å². The minimum absolute atomic E-state index is 1.00. The molecule has 0 heteroatoms. The van der Waals surface area contributed by atoms with Crippen LogP contribution in [0.1, 0.15) is 0 Å². The van der Waals surface area contributed by atoms with E-state index in [-0.39, 0.29) is 0 Å². The molecule has 0 amide bonds. The normalized spacial score (nSPS) is 11.0. The predicted molar refractivity (Wildman–Crippen MR) is 71.7 cm³/mol. The zero-order chi connectivity index (χ0) is 11.1. The maximum atomic E-state index is 3.99. The van der Waals surface area contributed by atoms with Gasteiger partial charge in [-0.2, -0.15) is 0 Å². The molecule has 0 unspecified atom stereocenters. The van der Waals surface area contributed by atoms with E-state index in [4.69, 9.17) is 0 Å². The van der Waals surface area contributed by atoms with Crippen molar-refractivity contribution in [2.45, 2.75) is 0 Å². The molecule has 0 atom stereocenters. The second kappa shape index (κ2) is 3.21. The molecular weight excluding hydrogens is 192 g/mol. The van der Waals surface area contributed by atoms with Crippen molar-refractivity contribution in [3.05, 3.63) is 59.0 Å². The SMILES string of the molecule is C=c1cc2cc3ccccc3cc2cc1=C. The zero-order valence-corrected chi connectivity index (χ0v) is 9.03. The monoisotopic (exact) mass is 204 g/mol. The van der Waals surface area contributed by atoms with Crippen LogP contribution in [0.2, 0.25) is 0 Å². The molecule has 3 aromatic carbocycles. The van der Waals surface area contributed by atoms with Crippen molar-refractivity contribution in [2.24, 2.45) is 0 Å². The van der Waals surface area contributed by atoms with E-state index < -0.39 is 0 Å². The second-order valence-corrected chi connectivity index (χ2v) is 4.17. The molecule has 0 fully saturated rings. The van der Waals surface area contributed by atoms with Crippen molar-refractivity contribution < 1.29 is 0 Å². The highest BCUT2D eigenvalue weighted by atomic mass is 14.0. The lowest BCUT2D eigenvalue weighted by atomic mass is 10.0. The Morgan fingerprint density at radius 1 is 0.562 bits per heavy atom. The largest absolute Gasteiger partial charge is 0.0912 e. The van der Waals surface area contributed by atoms with Gasteiger partial charge in [0.2, 0.25) is 0 Å². The molecule has 16 heavy (non-hydrogen) atoms. The van der Waals surface area contributed by atoms with Crippen molar-refractivity contribution in [3.63, 3.8) is 0 Å². The summed E-state index contributed by atoms with van der Waals surface area (Å²) in [6, 6.07) is 17.0. The Hall–Kier alpha value is -2.08. The number of hydrogen-bond donors (Lipinski definition) is 0. The van der Waals surface area contributed by atoms with Crippen molar-refractivity contribution in [1.29, 1.82) is 0 Å². The lowest BCUT2D eigenvalue weighted by molar-refractivity contribution is 1.61. The van der Waals surface area contributed by atoms with Gasteiger partial charge in [0.1, 0.15) is 0 Å². The van der Waals surface area contributed by atoms with Gasteiger partial charge in [-0.1, -0.05) is 37.4 Å². The van der Waals surface area contributed by atoms with E-state index in [1.54, 1.807) is 0 Å². The van der Waals surface area contributed by atoms with E-state index in [1.807, 2.05) is 0 Å². The minimum Gasteiger partial charge on any atom is -0.0912 e. The van der Waals surface area contributed by atoms with Crippen LogP contribution in [0.4, 0.5) is 0 Å². The molecule has 0 aromatic heterocycles. The average molecular weight is 204 g/mol. The summed E-state index contributed by atoms with van der Waals surface area (Å²) in [6.07, 6.45) is 0. The summed E-state index contributed by atoms with van der Waals surface area (Å²) < 4.78 is 0. The molecular formula is C16H12. The Balaban J connectivity index is 2.56. The molecule has 0 aliphatic heterocycles. The molecule has 0 spiro atoms. The van der Waals surface area contributed by atoms with Crippen LogP contribution in [0.25, 0.3) is 34.7 Å². The summed E-state index contributed by atoms with van der Waals surface area (Å²) >= 11 is 0. The van der Waals surface area contributed by atoms with E-state index in [0.29, 0.717) is 0 Å². The smallest absolute Gasteiger partial charge is 0.0171 e. The summed E-state index contributed by atoms with van der Waals surface area (Å²) in [5, 5.41) is 7.01. The van der Waals surface area contributed by atoms with Crippen LogP contribution < -0.4 is 10.4 Å². The van der Waals surface area contributed by atoms with Gasteiger partial charge in [-0.05, 0) is 56.2 Å². The fourth-order valence-electron chi connectivity index (χ4n) is 2.09. The van der Waals surface area contributed by atoms with E-state index in [9.17, 15) is 0 Å². The van der Waals surface area contributed by atoms with Crippen LogP contribution in [0.3, 0.4) is 0 Å². The predicted octanol–water partition coefficient (Wildman–Crippen LogP) is 2.81. The first-order chi connectivity index (χ1) is 7.74. The highest BCUT2D eigenvalue weighted by Crippen LogP contribution is 2.20. The number of fused-ring (bicyclic) bond motifs is 2. The van der Waals surface area contributed by atoms with Crippen molar-refractivity contribution >= 4 is 34.7 Å². The Bertz CT molecular complexity index is 714. The molecule has 76 valence electrons. The lowest BCUT2D eigenvalue weighted by Gasteiger charge is -2.02. The van der Waals surface area contributed by atoms with E-state index in [2.05, 4.69) is 61.7 Å². The summed E-state index contributed by atoms with van der Waals surface area (Å²) in [5.41, 5.74) is 0. The molecule has 0 saturated heterocycles. The molecule has 3 rings (SSSR count). The molecule has 0 N–H and O–H groups in total. The number of hydrogen-bond acceptors (Lipinski definition) is 0. The van der Waals surface area contributed by atoms with E-state index in [0.717, 1.165) is 10.4 Å². The summed E-state index contributed by atoms with van der Waals surface area (Å²) in [7, 11) is 0. The summed E-state index contributed by atoms with van der Waals surface area (Å²) in [5.74, 6) is 0. The molecule has 0 aliphatic carbocycles. The van der Waals surface area contributed by atoms with Crippen LogP contribution in [0.15, 0.2) is 48.5 Å². The molecule has 0 saturated carbocycles. The van der Waals surface area contributed by atoms with Gasteiger partial charge in [-0.25, -0.2) is 0 Å². The van der Waals surface area contributed by atoms with Gasteiger partial charge in [0.05, 0.1) is 0 Å². The Kier molecular flexibility index (Phi) is 1.84. The van der Waals surface area contributed by atoms with Crippen LogP contribution in [-0.2, 0) is 0 Å². The third-order valence-electron chi connectivity index (χ3n) is 3.02. The van der Waals surface area contributed by atoms with Gasteiger partial charge in [0.15, 0.2) is 0 Å². The van der Waals surface area contributed by atoms with Crippen LogP contribution in [0.5, 0.6) is 0 Å². The maximum Gasteiger partial charge on any atom is -0.0171 e. The Morgan fingerprint density at radius 2 is 1.00 bits per heavy atom. The zero-order valence-electron chi connectivity index (χ0n) is 9.03. The van der Waals surface area contributed by atoms with Crippen LogP contribution in [0, 0.1) is 0 Å². The highest BCUT2D eigenvalue weighted by Gasteiger charge is 1.97. The first kappa shape index (κ1) is 9.17. The third kappa shape index (κ3) is 1.31. The maximum absolute atomic E-state index is 3.99. The van der Waals surface area contributed by atoms with Crippen LogP contribution >= 0.6 is 0 Å². The van der Waals surface area contributed by atoms with Gasteiger partial charge < -0.3 is 0 Å².